The highest BCUT2D eigenvalue weighted by Crippen LogP contribution is 2.40. The predicted molar refractivity (Wildman–Crippen MR) is 119 cm³/mol. The molecule has 0 saturated carbocycles. The van der Waals surface area contributed by atoms with E-state index in [-0.39, 0.29) is 12.3 Å². The fourth-order valence-corrected chi connectivity index (χ4v) is 5.45. The number of aliphatic imine (C=N–C) groups is 1. The molecule has 0 spiro atoms. The monoisotopic (exact) mass is 427 g/mol. The first-order chi connectivity index (χ1) is 13.8. The van der Waals surface area contributed by atoms with Crippen molar-refractivity contribution in [3.8, 4) is 0 Å². The zero-order valence-corrected chi connectivity index (χ0v) is 18.1. The van der Waals surface area contributed by atoms with Gasteiger partial charge < -0.3 is 5.11 Å². The summed E-state index contributed by atoms with van der Waals surface area (Å²) in [5, 5.41) is 19.0. The number of halogens is 1. The quantitative estimate of drug-likeness (QED) is 0.711. The van der Waals surface area contributed by atoms with Gasteiger partial charge in [-0.05, 0) is 51.3 Å². The van der Waals surface area contributed by atoms with Gasteiger partial charge in [-0.3, -0.25) is 9.79 Å². The Labute approximate surface area is 178 Å². The van der Waals surface area contributed by atoms with Crippen molar-refractivity contribution in [3.05, 3.63) is 55.7 Å². The second kappa shape index (κ2) is 7.84. The summed E-state index contributed by atoms with van der Waals surface area (Å²) in [6.45, 7) is 6.25. The maximum atomic E-state index is 11.6. The van der Waals surface area contributed by atoms with E-state index >= 15 is 0 Å². The fourth-order valence-electron chi connectivity index (χ4n) is 3.96. The van der Waals surface area contributed by atoms with Crippen molar-refractivity contribution >= 4 is 46.0 Å². The number of carboxylic acid groups (broad SMARTS) is 1. The van der Waals surface area contributed by atoms with Crippen molar-refractivity contribution in [2.24, 2.45) is 15.2 Å². The van der Waals surface area contributed by atoms with Crippen LogP contribution in [0.2, 0.25) is 5.02 Å². The van der Waals surface area contributed by atoms with Gasteiger partial charge in [0, 0.05) is 37.5 Å². The Hall–Kier alpha value is -2.31. The topological polar surface area (TPSA) is 74.4 Å². The van der Waals surface area contributed by atoms with Crippen LogP contribution in [-0.2, 0) is 4.79 Å². The molecule has 0 fully saturated rings. The van der Waals surface area contributed by atoms with E-state index in [0.717, 1.165) is 34.7 Å². The van der Waals surface area contributed by atoms with Crippen LogP contribution in [0.1, 0.15) is 58.5 Å². The summed E-state index contributed by atoms with van der Waals surface area (Å²) in [6, 6.07) is 7.05. The van der Waals surface area contributed by atoms with E-state index in [4.69, 9.17) is 16.6 Å². The van der Waals surface area contributed by atoms with Crippen molar-refractivity contribution in [2.75, 3.05) is 0 Å². The van der Waals surface area contributed by atoms with Gasteiger partial charge in [0.2, 0.25) is 0 Å². The Morgan fingerprint density at radius 2 is 1.93 bits per heavy atom. The Morgan fingerprint density at radius 1 is 1.21 bits per heavy atom. The molecule has 2 bridgehead atoms. The number of carbonyl (C=O) groups is 1. The number of aryl methyl sites for hydroxylation is 1. The number of hydrogen-bond donors (Lipinski definition) is 1. The summed E-state index contributed by atoms with van der Waals surface area (Å²) < 4.78 is 0. The average Bonchev–Trinajstić information content (AvgIpc) is 2.85. The summed E-state index contributed by atoms with van der Waals surface area (Å²) in [5.74, 6) is -0.735. The van der Waals surface area contributed by atoms with Gasteiger partial charge in [-0.15, -0.1) is 11.3 Å². The molecule has 0 amide bonds. The molecular weight excluding hydrogens is 406 g/mol. The lowest BCUT2D eigenvalue weighted by Gasteiger charge is -2.17. The van der Waals surface area contributed by atoms with Crippen LogP contribution in [0.15, 0.2) is 39.5 Å². The highest BCUT2D eigenvalue weighted by molar-refractivity contribution is 7.12. The van der Waals surface area contributed by atoms with E-state index in [2.05, 4.69) is 24.1 Å². The molecule has 7 heteroatoms. The van der Waals surface area contributed by atoms with Crippen molar-refractivity contribution < 1.29 is 9.90 Å². The summed E-state index contributed by atoms with van der Waals surface area (Å²) in [5.41, 5.74) is 5.75. The number of carboxylic acids is 1. The highest BCUT2D eigenvalue weighted by atomic mass is 35.5. The molecule has 5 nitrogen and oxygen atoms in total. The van der Waals surface area contributed by atoms with Crippen LogP contribution in [0, 0.1) is 13.8 Å². The predicted octanol–water partition coefficient (Wildman–Crippen LogP) is 5.41. The molecule has 1 unspecified atom stereocenters. The van der Waals surface area contributed by atoms with Crippen molar-refractivity contribution in [1.29, 1.82) is 0 Å². The van der Waals surface area contributed by atoms with E-state index in [1.807, 2.05) is 31.2 Å². The number of aliphatic carboxylic acids is 1. The van der Waals surface area contributed by atoms with Gasteiger partial charge in [-0.1, -0.05) is 23.7 Å². The summed E-state index contributed by atoms with van der Waals surface area (Å²) >= 11 is 7.90. The molecule has 1 aromatic carbocycles. The molecular formula is C22H22ClN3O2S. The molecule has 3 heterocycles. The molecule has 0 aliphatic carbocycles. The van der Waals surface area contributed by atoms with Crippen LogP contribution < -0.4 is 0 Å². The lowest BCUT2D eigenvalue weighted by Crippen LogP contribution is -2.24. The zero-order valence-electron chi connectivity index (χ0n) is 16.6. The molecule has 2 atom stereocenters. The normalized spacial score (nSPS) is 21.2. The van der Waals surface area contributed by atoms with E-state index in [0.29, 0.717) is 11.4 Å². The lowest BCUT2D eigenvalue weighted by atomic mass is 9.89. The van der Waals surface area contributed by atoms with Crippen molar-refractivity contribution in [1.82, 2.24) is 0 Å². The van der Waals surface area contributed by atoms with Gasteiger partial charge in [-0.2, -0.15) is 10.2 Å². The van der Waals surface area contributed by atoms with Crippen LogP contribution in [0.5, 0.6) is 0 Å². The molecule has 0 radical (unpaired) electrons. The van der Waals surface area contributed by atoms with Crippen LogP contribution in [0.4, 0.5) is 0 Å². The molecule has 150 valence electrons. The van der Waals surface area contributed by atoms with Gasteiger partial charge in [-0.25, -0.2) is 0 Å². The number of rotatable bonds is 3. The Balaban J connectivity index is 2.02. The first-order valence-corrected chi connectivity index (χ1v) is 10.8. The number of thiophene rings is 1. The lowest BCUT2D eigenvalue weighted by molar-refractivity contribution is -0.137. The second-order valence-corrected chi connectivity index (χ2v) is 9.24. The molecule has 2 aliphatic heterocycles. The minimum absolute atomic E-state index is 0.105. The van der Waals surface area contributed by atoms with E-state index < -0.39 is 12.0 Å². The third kappa shape index (κ3) is 3.79. The largest absolute Gasteiger partial charge is 0.481 e. The summed E-state index contributed by atoms with van der Waals surface area (Å²) in [7, 11) is 0. The van der Waals surface area contributed by atoms with E-state index in [9.17, 15) is 9.90 Å². The zero-order chi connectivity index (χ0) is 20.7. The first-order valence-electron chi connectivity index (χ1n) is 9.61. The second-order valence-electron chi connectivity index (χ2n) is 7.54. The number of benzene rings is 1. The summed E-state index contributed by atoms with van der Waals surface area (Å²) in [4.78, 5) is 19.1. The minimum atomic E-state index is -0.893. The Kier molecular flexibility index (Phi) is 5.40. The molecule has 4 rings (SSSR count). The van der Waals surface area contributed by atoms with Gasteiger partial charge in [0.05, 0.1) is 17.8 Å². The maximum Gasteiger partial charge on any atom is 0.305 e. The van der Waals surface area contributed by atoms with Gasteiger partial charge in [0.1, 0.15) is 6.04 Å². The van der Waals surface area contributed by atoms with Crippen LogP contribution in [0.25, 0.3) is 0 Å². The molecule has 2 aliphatic rings. The fraction of sp³-hybridized carbons (Fsp3) is 0.364. The Bertz CT molecular complexity index is 1070. The third-order valence-electron chi connectivity index (χ3n) is 5.65. The molecule has 1 N–H and O–H groups in total. The van der Waals surface area contributed by atoms with Crippen LogP contribution in [-0.4, -0.2) is 34.3 Å². The molecule has 2 aromatic rings. The van der Waals surface area contributed by atoms with Crippen molar-refractivity contribution in [3.63, 3.8) is 0 Å². The number of nitrogens with zero attached hydrogens (tertiary/aromatic N) is 3. The van der Waals surface area contributed by atoms with Gasteiger partial charge >= 0.3 is 5.97 Å². The van der Waals surface area contributed by atoms with Crippen LogP contribution >= 0.6 is 22.9 Å². The number of hydrogen-bond acceptors (Lipinski definition) is 5. The highest BCUT2D eigenvalue weighted by Gasteiger charge is 2.32. The Morgan fingerprint density at radius 3 is 2.62 bits per heavy atom. The van der Waals surface area contributed by atoms with Gasteiger partial charge in [0.15, 0.2) is 0 Å². The first kappa shape index (κ1) is 20.0. The smallest absolute Gasteiger partial charge is 0.305 e. The molecule has 0 saturated heterocycles. The standard InChI is InChI=1S/C22H22ClN3O2S/c1-11-13(3)29-22-16-8-9-17(26-25-12(16)2)18(10-19(27)28)24-21(20(11)22)14-4-6-15(23)7-5-14/h4-7,16,18H,8-10H2,1-3H3,(H,27,28)/t16?,18-/m0/s1. The number of fused-ring (bicyclic) bond motifs is 5. The van der Waals surface area contributed by atoms with E-state index in [1.54, 1.807) is 11.3 Å². The van der Waals surface area contributed by atoms with Gasteiger partial charge in [0.25, 0.3) is 0 Å². The molecule has 29 heavy (non-hydrogen) atoms. The van der Waals surface area contributed by atoms with E-state index in [1.165, 1.54) is 15.3 Å². The third-order valence-corrected chi connectivity index (χ3v) is 7.22. The average molecular weight is 428 g/mol. The minimum Gasteiger partial charge on any atom is -0.481 e. The molecule has 1 aromatic heterocycles. The summed E-state index contributed by atoms with van der Waals surface area (Å²) in [6.07, 6.45) is 1.45. The van der Waals surface area contributed by atoms with Crippen molar-refractivity contribution in [2.45, 2.75) is 52.0 Å². The maximum absolute atomic E-state index is 11.6. The van der Waals surface area contributed by atoms with Crippen LogP contribution in [0.3, 0.4) is 0 Å². The SMILES string of the molecule is CC1=NN=C2CCC1c1sc(C)c(C)c1C(c1ccc(Cl)cc1)=N[C@H]2CC(=O)O.